The van der Waals surface area contributed by atoms with Gasteiger partial charge in [-0.1, -0.05) is 203 Å². The van der Waals surface area contributed by atoms with Crippen LogP contribution in [0.2, 0.25) is 0 Å². The van der Waals surface area contributed by atoms with Crippen molar-refractivity contribution < 1.29 is 31.2 Å². The lowest BCUT2D eigenvalue weighted by Gasteiger charge is -2.32. The topological polar surface area (TPSA) is 72.4 Å². The van der Waals surface area contributed by atoms with Gasteiger partial charge in [0.1, 0.15) is 34.5 Å². The molecule has 392 valence electrons. The molecule has 5 aromatic rings. The van der Waals surface area contributed by atoms with Crippen LogP contribution < -0.4 is 9.05 Å². The van der Waals surface area contributed by atoms with E-state index in [1.54, 1.807) is 7.11 Å². The number of ether oxygens (including phenoxy) is 1. The molecule has 0 radical (unpaired) electrons. The number of fused-ring (bicyclic) bond motifs is 4. The monoisotopic (exact) mass is 1020 g/mol. The van der Waals surface area contributed by atoms with Crippen molar-refractivity contribution in [2.24, 2.45) is 0 Å². The van der Waals surface area contributed by atoms with Crippen molar-refractivity contribution in [2.45, 2.75) is 222 Å². The first kappa shape index (κ1) is 55.8. The average Bonchev–Trinajstić information content (AvgIpc) is 3.56. The molecule has 3 atom stereocenters. The third-order valence-electron chi connectivity index (χ3n) is 14.1. The molecular formula is C63H88O7P2. The van der Waals surface area contributed by atoms with Crippen molar-refractivity contribution in [1.82, 2.24) is 0 Å². The Labute approximate surface area is 436 Å². The van der Waals surface area contributed by atoms with E-state index < -0.39 is 22.9 Å². The molecule has 7 nitrogen and oxygen atoms in total. The normalized spacial score (nSPS) is 18.4. The van der Waals surface area contributed by atoms with Crippen LogP contribution in [0.3, 0.4) is 0 Å². The Bertz CT molecular complexity index is 2890. The summed E-state index contributed by atoms with van der Waals surface area (Å²) in [4.78, 5) is 0. The van der Waals surface area contributed by atoms with E-state index in [2.05, 4.69) is 215 Å². The largest absolute Gasteiger partial charge is 0.498 e. The minimum absolute atomic E-state index is 0.135. The summed E-state index contributed by atoms with van der Waals surface area (Å²) in [5.74, 6) is 2.10. The van der Waals surface area contributed by atoms with E-state index in [-0.39, 0.29) is 49.4 Å². The van der Waals surface area contributed by atoms with Crippen LogP contribution in [0.25, 0.3) is 33.1 Å². The fraction of sp³-hybridized carbons (Fsp3) is 0.556. The lowest BCUT2D eigenvalue weighted by atomic mass is 9.75. The van der Waals surface area contributed by atoms with Gasteiger partial charge in [0, 0.05) is 44.2 Å². The van der Waals surface area contributed by atoms with Crippen molar-refractivity contribution >= 4 is 38.8 Å². The zero-order chi connectivity index (χ0) is 53.9. The van der Waals surface area contributed by atoms with Gasteiger partial charge in [-0.15, -0.1) is 0 Å². The zero-order valence-corrected chi connectivity index (χ0v) is 50.5. The number of allylic oxidation sites excluding steroid dienone is 2. The van der Waals surface area contributed by atoms with E-state index in [1.807, 2.05) is 18.2 Å². The maximum atomic E-state index is 7.75. The number of hydrogen-bond donors (Lipinski definition) is 0. The highest BCUT2D eigenvalue weighted by atomic mass is 31.2. The molecule has 4 aromatic carbocycles. The molecule has 7 rings (SSSR count). The molecular weight excluding hydrogens is 931 g/mol. The number of benzene rings is 4. The third kappa shape index (κ3) is 11.5. The van der Waals surface area contributed by atoms with E-state index in [1.165, 1.54) is 22.3 Å². The summed E-state index contributed by atoms with van der Waals surface area (Å²) in [6, 6.07) is 18.6. The maximum absolute atomic E-state index is 7.75. The van der Waals surface area contributed by atoms with Gasteiger partial charge < -0.3 is 22.2 Å². The summed E-state index contributed by atoms with van der Waals surface area (Å²) in [5, 5.41) is 2.05. The maximum Gasteiger partial charge on any atom is 0.453 e. The van der Waals surface area contributed by atoms with Gasteiger partial charge in [-0.25, -0.2) is 0 Å². The van der Waals surface area contributed by atoms with Gasteiger partial charge in [-0.05, 0) is 95.9 Å². The van der Waals surface area contributed by atoms with Crippen molar-refractivity contribution in [3.05, 3.63) is 117 Å². The van der Waals surface area contributed by atoms with E-state index in [9.17, 15) is 0 Å². The first-order chi connectivity index (χ1) is 32.7. The molecule has 2 aliphatic rings. The van der Waals surface area contributed by atoms with Crippen LogP contribution in [-0.2, 0) is 57.1 Å². The van der Waals surface area contributed by atoms with E-state index in [0.717, 1.165) is 55.3 Å². The number of methoxy groups -OCH3 is 1. The molecule has 1 fully saturated rings. The van der Waals surface area contributed by atoms with Crippen LogP contribution in [0.4, 0.5) is 0 Å². The SMILES string of the molecule is COC1=CC=CC2OP(Oc3c(-c4cc(C(C)(C)C)cc(C(C)(C)C)c4Op4oc5c(C(C)(C)C)cc(C(C)(C)C)cc5c5cc(C(C)(C)C)cc(C(C)(C)C)c5o4)cc(C(C)(C)C)cc3C(C)(C)C)OC12. The summed E-state index contributed by atoms with van der Waals surface area (Å²) in [6.45, 7) is 54.5. The molecule has 3 unspecified atom stereocenters. The Kier molecular flexibility index (Phi) is 14.5. The highest BCUT2D eigenvalue weighted by Crippen LogP contribution is 2.58. The Morgan fingerprint density at radius 3 is 1.14 bits per heavy atom. The summed E-state index contributed by atoms with van der Waals surface area (Å²) < 4.78 is 49.1. The second-order valence-electron chi connectivity index (χ2n) is 28.7. The van der Waals surface area contributed by atoms with Crippen LogP contribution >= 0.6 is 16.8 Å². The summed E-state index contributed by atoms with van der Waals surface area (Å²) in [7, 11) is -2.37. The van der Waals surface area contributed by atoms with Crippen LogP contribution in [0, 0.1) is 0 Å². The Balaban J connectivity index is 1.67. The highest BCUT2D eigenvalue weighted by Gasteiger charge is 2.44. The molecule has 0 spiro atoms. The Morgan fingerprint density at radius 2 is 0.778 bits per heavy atom. The molecule has 0 saturated carbocycles. The van der Waals surface area contributed by atoms with Gasteiger partial charge in [-0.3, -0.25) is 9.05 Å². The summed E-state index contributed by atoms with van der Waals surface area (Å²) in [6.07, 6.45) is 5.15. The molecule has 1 saturated heterocycles. The number of hydrogen-bond acceptors (Lipinski definition) is 7. The van der Waals surface area contributed by atoms with E-state index in [4.69, 9.17) is 31.2 Å². The Morgan fingerprint density at radius 1 is 0.417 bits per heavy atom. The molecule has 72 heavy (non-hydrogen) atoms. The van der Waals surface area contributed by atoms with Gasteiger partial charge in [0.15, 0.2) is 6.10 Å². The smallest absolute Gasteiger partial charge is 0.453 e. The predicted molar refractivity (Wildman–Crippen MR) is 305 cm³/mol. The van der Waals surface area contributed by atoms with Gasteiger partial charge in [0.2, 0.25) is 0 Å². The number of rotatable bonds is 6. The van der Waals surface area contributed by atoms with Gasteiger partial charge in [0.25, 0.3) is 0 Å². The fourth-order valence-electron chi connectivity index (χ4n) is 9.29. The van der Waals surface area contributed by atoms with Crippen LogP contribution in [0.1, 0.15) is 211 Å². The lowest BCUT2D eigenvalue weighted by Crippen LogP contribution is -2.25. The lowest BCUT2D eigenvalue weighted by molar-refractivity contribution is 0.138. The second-order valence-corrected chi connectivity index (χ2v) is 30.7. The van der Waals surface area contributed by atoms with Crippen molar-refractivity contribution in [1.29, 1.82) is 0 Å². The molecule has 0 bridgehead atoms. The Hall–Kier alpha value is -3.99. The molecule has 1 aliphatic carbocycles. The molecule has 0 N–H and O–H groups in total. The minimum Gasteiger partial charge on any atom is -0.498 e. The van der Waals surface area contributed by atoms with Crippen molar-refractivity contribution in [3.8, 4) is 22.6 Å². The van der Waals surface area contributed by atoms with Gasteiger partial charge in [0.05, 0.1) is 7.11 Å². The standard InChI is InChI=1S/C63H88O7P2/c1-56(2,3)37-29-41(51(45(33-37)60(13,14)15)66-71-65-50-28-26-27-49(64-25)55(50)70-71)42-30-38(57(4,5)6)34-46(61(16,17)18)52(42)67-72-68-53-43(31-39(58(7,8)9)35-47(53)62(19,20)21)44-32-40(59(10,11)12)36-48(54(44)69-72)63(22,23)24/h26-36,50,55H,1-25H3. The molecule has 2 heterocycles. The van der Waals surface area contributed by atoms with E-state index >= 15 is 0 Å². The first-order valence-corrected chi connectivity index (χ1v) is 28.2. The molecule has 9 heteroatoms. The zero-order valence-electron chi connectivity index (χ0n) is 48.8. The van der Waals surface area contributed by atoms with Crippen molar-refractivity contribution in [2.75, 3.05) is 7.11 Å². The summed E-state index contributed by atoms with van der Waals surface area (Å²) >= 11 is 0. The molecule has 0 amide bonds. The predicted octanol–water partition coefficient (Wildman–Crippen LogP) is 19.7. The van der Waals surface area contributed by atoms with Gasteiger partial charge in [-0.2, -0.15) is 0 Å². The minimum atomic E-state index is -2.17. The van der Waals surface area contributed by atoms with Crippen LogP contribution in [0.5, 0.6) is 11.5 Å². The van der Waals surface area contributed by atoms with Gasteiger partial charge >= 0.3 is 16.8 Å². The van der Waals surface area contributed by atoms with Crippen LogP contribution in [-0.4, -0.2) is 19.3 Å². The first-order valence-electron chi connectivity index (χ1n) is 26.0. The quantitative estimate of drug-likeness (QED) is 0.157. The highest BCUT2D eigenvalue weighted by molar-refractivity contribution is 7.42. The fourth-order valence-corrected chi connectivity index (χ4v) is 11.7. The van der Waals surface area contributed by atoms with Crippen molar-refractivity contribution in [3.63, 3.8) is 0 Å². The summed E-state index contributed by atoms with van der Waals surface area (Å²) in [5.41, 5.74) is 10.5. The van der Waals surface area contributed by atoms with Crippen LogP contribution in [0.15, 0.2) is 80.9 Å². The third-order valence-corrected chi connectivity index (χ3v) is 16.2. The average molecular weight is 1020 g/mol. The molecule has 1 aromatic heterocycles. The second kappa shape index (κ2) is 18.7. The molecule has 1 aliphatic heterocycles. The van der Waals surface area contributed by atoms with E-state index in [0.29, 0.717) is 17.3 Å².